The summed E-state index contributed by atoms with van der Waals surface area (Å²) in [6.45, 7) is 5.56. The van der Waals surface area contributed by atoms with Gasteiger partial charge in [0.05, 0.1) is 0 Å². The number of carbonyl (C=O) groups is 1. The van der Waals surface area contributed by atoms with Crippen molar-refractivity contribution in [3.05, 3.63) is 0 Å². The number of hydrogen-bond donors (Lipinski definition) is 2. The van der Waals surface area contributed by atoms with Crippen LogP contribution in [0.15, 0.2) is 0 Å². The topological polar surface area (TPSA) is 55.1 Å². The van der Waals surface area contributed by atoms with Crippen LogP contribution >= 0.6 is 0 Å². The molecule has 1 amide bonds. The van der Waals surface area contributed by atoms with Crippen LogP contribution in [0.2, 0.25) is 0 Å². The average Bonchev–Trinajstić information content (AvgIpc) is 2.10. The standard InChI is InChI=1S/C9H20N2O/c1-3-6-11-9(12)5-4-8(2)7-10/h8H,3-7,10H2,1-2H3,(H,11,12). The molecular weight excluding hydrogens is 152 g/mol. The lowest BCUT2D eigenvalue weighted by atomic mass is 10.1. The largest absolute Gasteiger partial charge is 0.356 e. The lowest BCUT2D eigenvalue weighted by Crippen LogP contribution is -2.24. The van der Waals surface area contributed by atoms with Gasteiger partial charge in [-0.05, 0) is 25.3 Å². The number of carbonyl (C=O) groups excluding carboxylic acids is 1. The molecule has 1 unspecified atom stereocenters. The van der Waals surface area contributed by atoms with E-state index in [0.29, 0.717) is 18.9 Å². The Kier molecular flexibility index (Phi) is 6.76. The van der Waals surface area contributed by atoms with Gasteiger partial charge in [0, 0.05) is 13.0 Å². The second-order valence-corrected chi connectivity index (χ2v) is 3.23. The summed E-state index contributed by atoms with van der Waals surface area (Å²) in [5, 5.41) is 2.83. The molecule has 12 heavy (non-hydrogen) atoms. The van der Waals surface area contributed by atoms with Crippen molar-refractivity contribution in [2.45, 2.75) is 33.1 Å². The molecule has 3 N–H and O–H groups in total. The molecule has 0 saturated carbocycles. The highest BCUT2D eigenvalue weighted by Crippen LogP contribution is 2.02. The highest BCUT2D eigenvalue weighted by atomic mass is 16.1. The van der Waals surface area contributed by atoms with Crippen LogP contribution in [0.4, 0.5) is 0 Å². The first-order valence-corrected chi connectivity index (χ1v) is 4.67. The first-order chi connectivity index (χ1) is 5.70. The van der Waals surface area contributed by atoms with Crippen molar-refractivity contribution in [1.82, 2.24) is 5.32 Å². The zero-order chi connectivity index (χ0) is 9.40. The van der Waals surface area contributed by atoms with Crippen molar-refractivity contribution in [2.24, 2.45) is 11.7 Å². The van der Waals surface area contributed by atoms with E-state index in [1.165, 1.54) is 0 Å². The van der Waals surface area contributed by atoms with Crippen LogP contribution in [0.1, 0.15) is 33.1 Å². The summed E-state index contributed by atoms with van der Waals surface area (Å²) in [6, 6.07) is 0. The predicted molar refractivity (Wildman–Crippen MR) is 50.8 cm³/mol. The highest BCUT2D eigenvalue weighted by molar-refractivity contribution is 5.75. The fraction of sp³-hybridized carbons (Fsp3) is 0.889. The Labute approximate surface area is 74.7 Å². The van der Waals surface area contributed by atoms with Gasteiger partial charge in [-0.15, -0.1) is 0 Å². The molecule has 0 bridgehead atoms. The Morgan fingerprint density at radius 3 is 2.75 bits per heavy atom. The molecule has 0 rings (SSSR count). The molecule has 0 aliphatic carbocycles. The van der Waals surface area contributed by atoms with Gasteiger partial charge in [-0.25, -0.2) is 0 Å². The second kappa shape index (κ2) is 7.10. The van der Waals surface area contributed by atoms with E-state index in [4.69, 9.17) is 5.73 Å². The van der Waals surface area contributed by atoms with E-state index in [2.05, 4.69) is 12.2 Å². The quantitative estimate of drug-likeness (QED) is 0.625. The van der Waals surface area contributed by atoms with Crippen molar-refractivity contribution >= 4 is 5.91 Å². The van der Waals surface area contributed by atoms with Crippen molar-refractivity contribution in [3.8, 4) is 0 Å². The maximum absolute atomic E-state index is 11.1. The molecule has 0 fully saturated rings. The molecule has 0 aromatic carbocycles. The van der Waals surface area contributed by atoms with E-state index in [1.54, 1.807) is 0 Å². The van der Waals surface area contributed by atoms with Gasteiger partial charge in [-0.1, -0.05) is 13.8 Å². The van der Waals surface area contributed by atoms with Gasteiger partial charge in [0.15, 0.2) is 0 Å². The molecule has 3 nitrogen and oxygen atoms in total. The number of nitrogens with one attached hydrogen (secondary N) is 1. The highest BCUT2D eigenvalue weighted by Gasteiger charge is 2.03. The summed E-state index contributed by atoms with van der Waals surface area (Å²) in [7, 11) is 0. The average molecular weight is 172 g/mol. The van der Waals surface area contributed by atoms with Crippen LogP contribution in [0.3, 0.4) is 0 Å². The Morgan fingerprint density at radius 1 is 1.58 bits per heavy atom. The molecule has 0 spiro atoms. The van der Waals surface area contributed by atoms with Crippen LogP contribution in [0.5, 0.6) is 0 Å². The molecule has 0 aromatic heterocycles. The Morgan fingerprint density at radius 2 is 2.25 bits per heavy atom. The maximum Gasteiger partial charge on any atom is 0.220 e. The molecule has 0 radical (unpaired) electrons. The monoisotopic (exact) mass is 172 g/mol. The van der Waals surface area contributed by atoms with Crippen molar-refractivity contribution in [3.63, 3.8) is 0 Å². The fourth-order valence-electron chi connectivity index (χ4n) is 0.848. The van der Waals surface area contributed by atoms with Crippen LogP contribution in [-0.4, -0.2) is 19.0 Å². The summed E-state index contributed by atoms with van der Waals surface area (Å²) >= 11 is 0. The first kappa shape index (κ1) is 11.4. The van der Waals surface area contributed by atoms with Gasteiger partial charge in [0.1, 0.15) is 0 Å². The molecule has 3 heteroatoms. The summed E-state index contributed by atoms with van der Waals surface area (Å²) < 4.78 is 0. The van der Waals surface area contributed by atoms with E-state index < -0.39 is 0 Å². The third-order valence-corrected chi connectivity index (χ3v) is 1.84. The van der Waals surface area contributed by atoms with Gasteiger partial charge < -0.3 is 11.1 Å². The summed E-state index contributed by atoms with van der Waals surface area (Å²) in [6.07, 6.45) is 2.50. The Balaban J connectivity index is 3.31. The number of rotatable bonds is 6. The van der Waals surface area contributed by atoms with E-state index in [0.717, 1.165) is 19.4 Å². The number of hydrogen-bond acceptors (Lipinski definition) is 2. The second-order valence-electron chi connectivity index (χ2n) is 3.23. The van der Waals surface area contributed by atoms with Gasteiger partial charge in [0.25, 0.3) is 0 Å². The molecule has 0 saturated heterocycles. The normalized spacial score (nSPS) is 12.6. The molecule has 0 heterocycles. The van der Waals surface area contributed by atoms with Crippen LogP contribution in [-0.2, 0) is 4.79 Å². The van der Waals surface area contributed by atoms with Gasteiger partial charge in [0.2, 0.25) is 5.91 Å². The van der Waals surface area contributed by atoms with Gasteiger partial charge in [-0.3, -0.25) is 4.79 Å². The third-order valence-electron chi connectivity index (χ3n) is 1.84. The first-order valence-electron chi connectivity index (χ1n) is 4.67. The van der Waals surface area contributed by atoms with E-state index >= 15 is 0 Å². The van der Waals surface area contributed by atoms with Crippen LogP contribution in [0.25, 0.3) is 0 Å². The SMILES string of the molecule is CCCNC(=O)CCC(C)CN. The minimum atomic E-state index is 0.150. The number of nitrogens with two attached hydrogens (primary N) is 1. The minimum absolute atomic E-state index is 0.150. The molecular formula is C9H20N2O. The predicted octanol–water partition coefficient (Wildman–Crippen LogP) is 0.888. The van der Waals surface area contributed by atoms with Crippen LogP contribution in [0, 0.1) is 5.92 Å². The van der Waals surface area contributed by atoms with E-state index in [-0.39, 0.29) is 5.91 Å². The molecule has 0 aromatic rings. The van der Waals surface area contributed by atoms with E-state index in [9.17, 15) is 4.79 Å². The summed E-state index contributed by atoms with van der Waals surface area (Å²) in [4.78, 5) is 11.1. The smallest absolute Gasteiger partial charge is 0.220 e. The van der Waals surface area contributed by atoms with Crippen molar-refractivity contribution in [2.75, 3.05) is 13.1 Å². The zero-order valence-corrected chi connectivity index (χ0v) is 8.10. The number of amides is 1. The maximum atomic E-state index is 11.1. The summed E-state index contributed by atoms with van der Waals surface area (Å²) in [5.74, 6) is 0.606. The summed E-state index contributed by atoms with van der Waals surface area (Å²) in [5.41, 5.74) is 5.43. The lowest BCUT2D eigenvalue weighted by Gasteiger charge is -2.07. The molecule has 72 valence electrons. The van der Waals surface area contributed by atoms with Gasteiger partial charge in [-0.2, -0.15) is 0 Å². The van der Waals surface area contributed by atoms with Crippen LogP contribution < -0.4 is 11.1 Å². The fourth-order valence-corrected chi connectivity index (χ4v) is 0.848. The molecule has 1 atom stereocenters. The van der Waals surface area contributed by atoms with Gasteiger partial charge >= 0.3 is 0 Å². The Bertz CT molecular complexity index is 126. The zero-order valence-electron chi connectivity index (χ0n) is 8.10. The molecule has 0 aliphatic heterocycles. The van der Waals surface area contributed by atoms with Crippen molar-refractivity contribution < 1.29 is 4.79 Å². The minimum Gasteiger partial charge on any atom is -0.356 e. The lowest BCUT2D eigenvalue weighted by molar-refractivity contribution is -0.121. The van der Waals surface area contributed by atoms with Crippen molar-refractivity contribution in [1.29, 1.82) is 0 Å². The third kappa shape index (κ3) is 6.16. The molecule has 0 aliphatic rings. The Hall–Kier alpha value is -0.570. The van der Waals surface area contributed by atoms with E-state index in [1.807, 2.05) is 6.92 Å².